The first-order valence-corrected chi connectivity index (χ1v) is 5.79. The molecule has 1 aromatic heterocycles. The molecule has 98 valence electrons. The fourth-order valence-electron chi connectivity index (χ4n) is 1.53. The van der Waals surface area contributed by atoms with Crippen LogP contribution < -0.4 is 10.1 Å². The number of carboxylic acids is 1. The Balaban J connectivity index is 2.39. The van der Waals surface area contributed by atoms with Crippen LogP contribution in [0.1, 0.15) is 10.4 Å². The number of hydrogen-bond acceptors (Lipinski definition) is 4. The number of rotatable bonds is 4. The molecule has 2 aromatic rings. The standard InChI is InChI=1S/C13H11ClN2O3/c1-19-12-9(13(17)18)7-10(14)11(16-12)15-8-5-3-2-4-6-8/h2-7H,1H3,(H,15,16)(H,17,18). The summed E-state index contributed by atoms with van der Waals surface area (Å²) in [5.41, 5.74) is 0.716. The van der Waals surface area contributed by atoms with Crippen LogP contribution in [0.2, 0.25) is 5.02 Å². The van der Waals surface area contributed by atoms with Gasteiger partial charge in [0, 0.05) is 5.69 Å². The fourth-order valence-corrected chi connectivity index (χ4v) is 1.73. The van der Waals surface area contributed by atoms with Gasteiger partial charge in [-0.1, -0.05) is 29.8 Å². The predicted molar refractivity (Wildman–Crippen MR) is 72.5 cm³/mol. The number of carboxylic acid groups (broad SMARTS) is 1. The van der Waals surface area contributed by atoms with E-state index in [-0.39, 0.29) is 16.5 Å². The molecule has 19 heavy (non-hydrogen) atoms. The maximum Gasteiger partial charge on any atom is 0.341 e. The Kier molecular flexibility index (Phi) is 3.87. The van der Waals surface area contributed by atoms with E-state index in [0.717, 1.165) is 5.69 Å². The number of anilines is 2. The second-order valence-electron chi connectivity index (χ2n) is 3.67. The molecule has 1 aromatic carbocycles. The van der Waals surface area contributed by atoms with Gasteiger partial charge in [-0.3, -0.25) is 0 Å². The maximum atomic E-state index is 11.0. The van der Waals surface area contributed by atoms with E-state index in [1.807, 2.05) is 30.3 Å². The summed E-state index contributed by atoms with van der Waals surface area (Å²) in [6, 6.07) is 10.6. The fraction of sp³-hybridized carbons (Fsp3) is 0.0769. The van der Waals surface area contributed by atoms with Gasteiger partial charge in [-0.25, -0.2) is 4.79 Å². The zero-order valence-electron chi connectivity index (χ0n) is 10.1. The summed E-state index contributed by atoms with van der Waals surface area (Å²) in [5.74, 6) is -0.789. The average molecular weight is 279 g/mol. The molecule has 0 amide bonds. The number of benzene rings is 1. The molecule has 0 radical (unpaired) electrons. The van der Waals surface area contributed by atoms with E-state index in [0.29, 0.717) is 5.82 Å². The lowest BCUT2D eigenvalue weighted by Gasteiger charge is -2.10. The molecule has 0 unspecified atom stereocenters. The number of carbonyl (C=O) groups is 1. The highest BCUT2D eigenvalue weighted by atomic mass is 35.5. The lowest BCUT2D eigenvalue weighted by molar-refractivity contribution is 0.0692. The van der Waals surface area contributed by atoms with Crippen molar-refractivity contribution in [3.63, 3.8) is 0 Å². The van der Waals surface area contributed by atoms with E-state index >= 15 is 0 Å². The highest BCUT2D eigenvalue weighted by Crippen LogP contribution is 2.29. The number of aromatic carboxylic acids is 1. The third kappa shape index (κ3) is 2.95. The number of halogens is 1. The van der Waals surface area contributed by atoms with Gasteiger partial charge in [0.05, 0.1) is 12.1 Å². The minimum Gasteiger partial charge on any atom is -0.480 e. The van der Waals surface area contributed by atoms with Gasteiger partial charge in [-0.15, -0.1) is 0 Å². The molecule has 0 spiro atoms. The van der Waals surface area contributed by atoms with E-state index < -0.39 is 5.97 Å². The zero-order chi connectivity index (χ0) is 13.8. The number of pyridine rings is 1. The van der Waals surface area contributed by atoms with Crippen LogP contribution in [0.25, 0.3) is 0 Å². The van der Waals surface area contributed by atoms with E-state index in [2.05, 4.69) is 10.3 Å². The third-order valence-corrected chi connectivity index (χ3v) is 2.69. The monoisotopic (exact) mass is 278 g/mol. The molecule has 2 N–H and O–H groups in total. The summed E-state index contributed by atoms with van der Waals surface area (Å²) in [6.45, 7) is 0. The van der Waals surface area contributed by atoms with E-state index in [9.17, 15) is 4.79 Å². The summed E-state index contributed by atoms with van der Waals surface area (Å²) in [5, 5.41) is 12.2. The Bertz CT molecular complexity index is 602. The van der Waals surface area contributed by atoms with Gasteiger partial charge in [0.2, 0.25) is 5.88 Å². The minimum absolute atomic E-state index is 0.00957. The number of nitrogens with zero attached hydrogens (tertiary/aromatic N) is 1. The Hall–Kier alpha value is -2.27. The molecular formula is C13H11ClN2O3. The van der Waals surface area contributed by atoms with Crippen LogP contribution in [0.4, 0.5) is 11.5 Å². The van der Waals surface area contributed by atoms with Crippen molar-refractivity contribution in [2.45, 2.75) is 0 Å². The van der Waals surface area contributed by atoms with Crippen LogP contribution in [0.3, 0.4) is 0 Å². The summed E-state index contributed by atoms with van der Waals surface area (Å²) >= 11 is 6.01. The van der Waals surface area contributed by atoms with Crippen LogP contribution >= 0.6 is 11.6 Å². The summed E-state index contributed by atoms with van der Waals surface area (Å²) < 4.78 is 4.95. The van der Waals surface area contributed by atoms with Crippen LogP contribution in [0, 0.1) is 0 Å². The van der Waals surface area contributed by atoms with Crippen molar-refractivity contribution in [2.24, 2.45) is 0 Å². The van der Waals surface area contributed by atoms with Crippen LogP contribution in [-0.4, -0.2) is 23.2 Å². The van der Waals surface area contributed by atoms with E-state index in [1.165, 1.54) is 13.2 Å². The second kappa shape index (κ2) is 5.58. The minimum atomic E-state index is -1.14. The quantitative estimate of drug-likeness (QED) is 0.899. The van der Waals surface area contributed by atoms with Gasteiger partial charge < -0.3 is 15.2 Å². The van der Waals surface area contributed by atoms with Gasteiger partial charge in [-0.2, -0.15) is 4.98 Å². The van der Waals surface area contributed by atoms with Crippen molar-refractivity contribution in [2.75, 3.05) is 12.4 Å². The Morgan fingerprint density at radius 2 is 2.05 bits per heavy atom. The molecule has 0 fully saturated rings. The SMILES string of the molecule is COc1nc(Nc2ccccc2)c(Cl)cc1C(=O)O. The smallest absolute Gasteiger partial charge is 0.341 e. The van der Waals surface area contributed by atoms with Crippen molar-refractivity contribution < 1.29 is 14.6 Å². The highest BCUT2D eigenvalue weighted by molar-refractivity contribution is 6.33. The number of ether oxygens (including phenoxy) is 1. The summed E-state index contributed by atoms with van der Waals surface area (Å²) in [4.78, 5) is 15.1. The lowest BCUT2D eigenvalue weighted by Crippen LogP contribution is -2.05. The summed E-state index contributed by atoms with van der Waals surface area (Å²) in [6.07, 6.45) is 0. The topological polar surface area (TPSA) is 71.5 Å². The molecule has 6 heteroatoms. The molecule has 0 aliphatic carbocycles. The second-order valence-corrected chi connectivity index (χ2v) is 4.08. The zero-order valence-corrected chi connectivity index (χ0v) is 10.8. The van der Waals surface area contributed by atoms with Crippen LogP contribution in [-0.2, 0) is 0 Å². The average Bonchev–Trinajstić information content (AvgIpc) is 2.41. The molecule has 2 rings (SSSR count). The number of aromatic nitrogens is 1. The van der Waals surface area contributed by atoms with Crippen LogP contribution in [0.15, 0.2) is 36.4 Å². The van der Waals surface area contributed by atoms with Crippen molar-refractivity contribution >= 4 is 29.1 Å². The molecule has 0 atom stereocenters. The number of methoxy groups -OCH3 is 1. The van der Waals surface area contributed by atoms with Crippen molar-refractivity contribution in [1.29, 1.82) is 0 Å². The third-order valence-electron chi connectivity index (χ3n) is 2.40. The normalized spacial score (nSPS) is 10.0. The molecule has 1 heterocycles. The van der Waals surface area contributed by atoms with Crippen molar-refractivity contribution in [3.05, 3.63) is 47.0 Å². The predicted octanol–water partition coefficient (Wildman–Crippen LogP) is 3.19. The van der Waals surface area contributed by atoms with Gasteiger partial charge >= 0.3 is 5.97 Å². The largest absolute Gasteiger partial charge is 0.480 e. The lowest BCUT2D eigenvalue weighted by atomic mass is 10.2. The molecule has 5 nitrogen and oxygen atoms in total. The summed E-state index contributed by atoms with van der Waals surface area (Å²) in [7, 11) is 1.36. The van der Waals surface area contributed by atoms with Gasteiger partial charge in [0.1, 0.15) is 5.56 Å². The first-order valence-electron chi connectivity index (χ1n) is 5.41. The highest BCUT2D eigenvalue weighted by Gasteiger charge is 2.16. The van der Waals surface area contributed by atoms with Crippen LogP contribution in [0.5, 0.6) is 5.88 Å². The Labute approximate surface area is 114 Å². The first kappa shape index (κ1) is 13.2. The number of nitrogens with one attached hydrogen (secondary N) is 1. The van der Waals surface area contributed by atoms with Gasteiger partial charge in [0.25, 0.3) is 0 Å². The Morgan fingerprint density at radius 3 is 2.63 bits per heavy atom. The van der Waals surface area contributed by atoms with Gasteiger partial charge in [0.15, 0.2) is 5.82 Å². The molecule has 0 bridgehead atoms. The van der Waals surface area contributed by atoms with E-state index in [4.69, 9.17) is 21.4 Å². The molecule has 0 saturated carbocycles. The number of para-hydroxylation sites is 1. The molecule has 0 aliphatic heterocycles. The first-order chi connectivity index (χ1) is 9.11. The van der Waals surface area contributed by atoms with Crippen molar-refractivity contribution in [3.8, 4) is 5.88 Å². The van der Waals surface area contributed by atoms with Gasteiger partial charge in [-0.05, 0) is 18.2 Å². The maximum absolute atomic E-state index is 11.0. The van der Waals surface area contributed by atoms with Crippen molar-refractivity contribution in [1.82, 2.24) is 4.98 Å². The molecule has 0 aliphatic rings. The van der Waals surface area contributed by atoms with E-state index in [1.54, 1.807) is 0 Å². The molecular weight excluding hydrogens is 268 g/mol. The molecule has 0 saturated heterocycles. The number of hydrogen-bond donors (Lipinski definition) is 2. The Morgan fingerprint density at radius 1 is 1.37 bits per heavy atom.